The molecule has 0 saturated heterocycles. The average molecular weight is 472 g/mol. The number of rotatable bonds is 7. The first-order chi connectivity index (χ1) is 16.9. The van der Waals surface area contributed by atoms with E-state index in [1.807, 2.05) is 35.0 Å². The predicted octanol–water partition coefficient (Wildman–Crippen LogP) is 4.40. The lowest BCUT2D eigenvalue weighted by Crippen LogP contribution is -2.16. The van der Waals surface area contributed by atoms with Crippen LogP contribution in [0.2, 0.25) is 0 Å². The van der Waals surface area contributed by atoms with Crippen LogP contribution in [0.15, 0.2) is 80.8 Å². The van der Waals surface area contributed by atoms with E-state index in [4.69, 9.17) is 13.9 Å². The van der Waals surface area contributed by atoms with Gasteiger partial charge in [-0.2, -0.15) is 5.10 Å². The molecule has 3 aromatic heterocycles. The zero-order chi connectivity index (χ0) is 24.5. The summed E-state index contributed by atoms with van der Waals surface area (Å²) < 4.78 is 12.7. The Balaban J connectivity index is 1.35. The number of carbonyl (C=O) groups is 2. The SMILES string of the molecule is O=C(O)c1ccc(Cn2cc(C=NNC(=O)c3cc4cc([N+](=O)[O-])ccc4o3)c3ccccc32)o1. The normalized spacial score (nSPS) is 11.4. The van der Waals surface area contributed by atoms with Gasteiger partial charge < -0.3 is 18.5 Å². The average Bonchev–Trinajstić information content (AvgIpc) is 3.56. The minimum absolute atomic E-state index is 0.0351. The fourth-order valence-electron chi connectivity index (χ4n) is 3.73. The number of amides is 1. The number of hydrogen-bond donors (Lipinski definition) is 2. The number of hydrazone groups is 1. The number of aromatic nitrogens is 1. The molecule has 5 aromatic rings. The number of nitrogens with one attached hydrogen (secondary N) is 1. The number of aromatic carboxylic acids is 1. The molecule has 5 rings (SSSR count). The van der Waals surface area contributed by atoms with Crippen LogP contribution in [0.5, 0.6) is 0 Å². The molecule has 174 valence electrons. The number of carboxylic acid groups (broad SMARTS) is 1. The van der Waals surface area contributed by atoms with Crippen LogP contribution in [0.25, 0.3) is 21.9 Å². The quantitative estimate of drug-likeness (QED) is 0.202. The Morgan fingerprint density at radius 1 is 1.09 bits per heavy atom. The number of furan rings is 2. The Bertz CT molecular complexity index is 1640. The number of fused-ring (bicyclic) bond motifs is 2. The maximum Gasteiger partial charge on any atom is 0.371 e. The second-order valence-corrected chi connectivity index (χ2v) is 7.59. The monoisotopic (exact) mass is 472 g/mol. The summed E-state index contributed by atoms with van der Waals surface area (Å²) in [6.45, 7) is 0.305. The van der Waals surface area contributed by atoms with Gasteiger partial charge >= 0.3 is 11.9 Å². The summed E-state index contributed by atoms with van der Waals surface area (Å²) >= 11 is 0. The summed E-state index contributed by atoms with van der Waals surface area (Å²) in [6, 6.07) is 16.0. The van der Waals surface area contributed by atoms with Gasteiger partial charge in [0.05, 0.1) is 17.7 Å². The summed E-state index contributed by atoms with van der Waals surface area (Å²) in [4.78, 5) is 33.9. The second-order valence-electron chi connectivity index (χ2n) is 7.59. The molecule has 3 heterocycles. The predicted molar refractivity (Wildman–Crippen MR) is 125 cm³/mol. The van der Waals surface area contributed by atoms with Gasteiger partial charge in [-0.3, -0.25) is 14.9 Å². The molecule has 35 heavy (non-hydrogen) atoms. The number of para-hydroxylation sites is 1. The summed E-state index contributed by atoms with van der Waals surface area (Å²) in [7, 11) is 0. The number of hydrogen-bond acceptors (Lipinski definition) is 7. The van der Waals surface area contributed by atoms with Crippen LogP contribution >= 0.6 is 0 Å². The third-order valence-electron chi connectivity index (χ3n) is 5.32. The molecule has 0 saturated carbocycles. The van der Waals surface area contributed by atoms with Crippen molar-refractivity contribution in [1.82, 2.24) is 9.99 Å². The van der Waals surface area contributed by atoms with Crippen molar-refractivity contribution in [2.75, 3.05) is 0 Å². The second kappa shape index (κ2) is 8.63. The van der Waals surface area contributed by atoms with Crippen LogP contribution in [0.3, 0.4) is 0 Å². The van der Waals surface area contributed by atoms with E-state index in [1.54, 1.807) is 6.07 Å². The highest BCUT2D eigenvalue weighted by atomic mass is 16.6. The highest BCUT2D eigenvalue weighted by Crippen LogP contribution is 2.25. The first-order valence-corrected chi connectivity index (χ1v) is 10.3. The number of non-ortho nitro benzene ring substituents is 1. The summed E-state index contributed by atoms with van der Waals surface area (Å²) in [5, 5.41) is 25.3. The van der Waals surface area contributed by atoms with E-state index in [0.717, 1.165) is 10.9 Å². The lowest BCUT2D eigenvalue weighted by Gasteiger charge is -2.02. The van der Waals surface area contributed by atoms with Crippen molar-refractivity contribution in [3.8, 4) is 0 Å². The Morgan fingerprint density at radius 2 is 1.91 bits per heavy atom. The van der Waals surface area contributed by atoms with E-state index in [0.29, 0.717) is 28.8 Å². The fourth-order valence-corrected chi connectivity index (χ4v) is 3.73. The van der Waals surface area contributed by atoms with Gasteiger partial charge in [-0.1, -0.05) is 18.2 Å². The number of nitro benzene ring substituents is 1. The molecule has 0 bridgehead atoms. The molecule has 0 aliphatic heterocycles. The van der Waals surface area contributed by atoms with E-state index >= 15 is 0 Å². The molecule has 0 atom stereocenters. The summed E-state index contributed by atoms with van der Waals surface area (Å²) in [6.07, 6.45) is 3.29. The zero-order valence-electron chi connectivity index (χ0n) is 17.9. The van der Waals surface area contributed by atoms with Crippen LogP contribution in [0.4, 0.5) is 5.69 Å². The molecule has 1 amide bonds. The molecular formula is C24H16N4O7. The highest BCUT2D eigenvalue weighted by molar-refractivity contribution is 6.01. The van der Waals surface area contributed by atoms with E-state index in [9.17, 15) is 19.7 Å². The first kappa shape index (κ1) is 21.6. The fraction of sp³-hybridized carbons (Fsp3) is 0.0417. The number of nitro groups is 1. The number of carbonyl (C=O) groups excluding carboxylic acids is 1. The Kier molecular flexibility index (Phi) is 5.34. The molecule has 2 N–H and O–H groups in total. The van der Waals surface area contributed by atoms with Crippen LogP contribution in [0.1, 0.15) is 32.4 Å². The van der Waals surface area contributed by atoms with Crippen LogP contribution in [-0.2, 0) is 6.54 Å². The first-order valence-electron chi connectivity index (χ1n) is 10.3. The van der Waals surface area contributed by atoms with E-state index < -0.39 is 16.8 Å². The van der Waals surface area contributed by atoms with Crippen molar-refractivity contribution in [2.24, 2.45) is 5.10 Å². The van der Waals surface area contributed by atoms with E-state index in [-0.39, 0.29) is 17.2 Å². The van der Waals surface area contributed by atoms with E-state index in [1.165, 1.54) is 36.5 Å². The molecule has 2 aromatic carbocycles. The molecule has 0 spiro atoms. The van der Waals surface area contributed by atoms with Gasteiger partial charge in [0.2, 0.25) is 5.76 Å². The van der Waals surface area contributed by atoms with E-state index in [2.05, 4.69) is 10.5 Å². The highest BCUT2D eigenvalue weighted by Gasteiger charge is 2.15. The minimum atomic E-state index is -1.14. The molecule has 11 nitrogen and oxygen atoms in total. The van der Waals surface area contributed by atoms with Crippen molar-refractivity contribution >= 4 is 45.7 Å². The third kappa shape index (κ3) is 4.25. The van der Waals surface area contributed by atoms with Crippen molar-refractivity contribution in [1.29, 1.82) is 0 Å². The number of nitrogens with zero attached hydrogens (tertiary/aromatic N) is 3. The third-order valence-corrected chi connectivity index (χ3v) is 5.32. The van der Waals surface area contributed by atoms with Gasteiger partial charge in [0.25, 0.3) is 5.69 Å². The van der Waals surface area contributed by atoms with Gasteiger partial charge in [-0.15, -0.1) is 0 Å². The molecule has 0 fully saturated rings. The largest absolute Gasteiger partial charge is 0.475 e. The Hall–Kier alpha value is -5.19. The van der Waals surface area contributed by atoms with Crippen LogP contribution in [-0.4, -0.2) is 32.7 Å². The molecule has 0 aliphatic carbocycles. The standard InChI is InChI=1S/C24H16N4O7/c29-23(22-10-14-9-16(28(32)33)5-7-20(14)35-22)26-25-11-15-12-27(19-4-2-1-3-18(15)19)13-17-6-8-21(34-17)24(30)31/h1-12H,13H2,(H,26,29)(H,30,31). The van der Waals surface area contributed by atoms with Crippen molar-refractivity contribution in [2.45, 2.75) is 6.54 Å². The Labute approximate surface area is 196 Å². The molecule has 0 unspecified atom stereocenters. The lowest BCUT2D eigenvalue weighted by atomic mass is 10.2. The van der Waals surface area contributed by atoms with Gasteiger partial charge in [0.15, 0.2) is 5.76 Å². The van der Waals surface area contributed by atoms with Crippen molar-refractivity contribution in [3.63, 3.8) is 0 Å². The summed E-state index contributed by atoms with van der Waals surface area (Å²) in [5.74, 6) is -1.45. The molecular weight excluding hydrogens is 456 g/mol. The number of carboxylic acids is 1. The molecule has 0 radical (unpaired) electrons. The number of benzene rings is 2. The minimum Gasteiger partial charge on any atom is -0.475 e. The van der Waals surface area contributed by atoms with Crippen LogP contribution in [0, 0.1) is 10.1 Å². The molecule has 0 aliphatic rings. The zero-order valence-corrected chi connectivity index (χ0v) is 17.9. The van der Waals surface area contributed by atoms with Gasteiger partial charge in [0, 0.05) is 40.2 Å². The maximum atomic E-state index is 12.5. The topological polar surface area (TPSA) is 153 Å². The lowest BCUT2D eigenvalue weighted by molar-refractivity contribution is -0.384. The van der Waals surface area contributed by atoms with Gasteiger partial charge in [-0.25, -0.2) is 10.2 Å². The Morgan fingerprint density at radius 3 is 2.69 bits per heavy atom. The summed E-state index contributed by atoms with van der Waals surface area (Å²) in [5.41, 5.74) is 4.22. The smallest absolute Gasteiger partial charge is 0.371 e. The maximum absolute atomic E-state index is 12.5. The van der Waals surface area contributed by atoms with Crippen molar-refractivity contribution < 1.29 is 28.5 Å². The van der Waals surface area contributed by atoms with Crippen molar-refractivity contribution in [3.05, 3.63) is 99.8 Å². The molecule has 11 heteroatoms. The van der Waals surface area contributed by atoms with Gasteiger partial charge in [-0.05, 0) is 30.3 Å². The van der Waals surface area contributed by atoms with Crippen LogP contribution < -0.4 is 5.43 Å². The van der Waals surface area contributed by atoms with Gasteiger partial charge in [0.1, 0.15) is 11.3 Å².